The predicted molar refractivity (Wildman–Crippen MR) is 86.3 cm³/mol. The maximum absolute atomic E-state index is 11.2. The first-order valence-corrected chi connectivity index (χ1v) is 9.50. The van der Waals surface area contributed by atoms with E-state index in [1.54, 1.807) is 0 Å². The molecule has 0 spiro atoms. The molecule has 114 valence electrons. The van der Waals surface area contributed by atoms with E-state index >= 15 is 0 Å². The van der Waals surface area contributed by atoms with E-state index in [2.05, 4.69) is 12.2 Å². The van der Waals surface area contributed by atoms with Gasteiger partial charge in [0.25, 0.3) is 0 Å². The molecule has 5 heteroatoms. The van der Waals surface area contributed by atoms with E-state index in [-0.39, 0.29) is 11.7 Å². The summed E-state index contributed by atoms with van der Waals surface area (Å²) in [6.07, 6.45) is 3.86. The molecule has 0 fully saturated rings. The zero-order chi connectivity index (χ0) is 15.0. The minimum atomic E-state index is -2.89. The van der Waals surface area contributed by atoms with Crippen molar-refractivity contribution in [3.8, 4) is 0 Å². The molecule has 0 heterocycles. The monoisotopic (exact) mass is 317 g/mol. The summed E-state index contributed by atoms with van der Waals surface area (Å²) in [5, 5.41) is 4.16. The van der Waals surface area contributed by atoms with Gasteiger partial charge in [0.1, 0.15) is 9.84 Å². The van der Waals surface area contributed by atoms with Gasteiger partial charge in [-0.1, -0.05) is 36.7 Å². The summed E-state index contributed by atoms with van der Waals surface area (Å²) < 4.78 is 22.5. The van der Waals surface area contributed by atoms with E-state index in [4.69, 9.17) is 11.6 Å². The zero-order valence-corrected chi connectivity index (χ0v) is 13.8. The number of sulfone groups is 1. The molecular formula is C15H24ClNO2S. The molecule has 0 aromatic heterocycles. The highest BCUT2D eigenvalue weighted by Crippen LogP contribution is 2.27. The molecule has 1 atom stereocenters. The average Bonchev–Trinajstić information content (AvgIpc) is 2.37. The van der Waals surface area contributed by atoms with E-state index < -0.39 is 9.84 Å². The SMILES string of the molecule is CCCNCC(CCCS(C)(=O)=O)c1ccccc1Cl. The summed E-state index contributed by atoms with van der Waals surface area (Å²) in [6.45, 7) is 3.93. The first-order chi connectivity index (χ1) is 9.44. The Bertz CT molecular complexity index is 502. The van der Waals surface area contributed by atoms with E-state index in [9.17, 15) is 8.42 Å². The number of benzene rings is 1. The van der Waals surface area contributed by atoms with Crippen molar-refractivity contribution in [2.45, 2.75) is 32.1 Å². The normalized spacial score (nSPS) is 13.3. The summed E-state index contributed by atoms with van der Waals surface area (Å²) in [4.78, 5) is 0. The minimum absolute atomic E-state index is 0.238. The quantitative estimate of drug-likeness (QED) is 0.711. The van der Waals surface area contributed by atoms with Crippen molar-refractivity contribution in [3.05, 3.63) is 34.9 Å². The van der Waals surface area contributed by atoms with Crippen molar-refractivity contribution in [1.29, 1.82) is 0 Å². The molecule has 0 saturated carbocycles. The smallest absolute Gasteiger partial charge is 0.147 e. The number of rotatable bonds is 9. The van der Waals surface area contributed by atoms with Gasteiger partial charge in [0.15, 0.2) is 0 Å². The molecule has 1 rings (SSSR count). The molecule has 0 amide bonds. The van der Waals surface area contributed by atoms with Crippen molar-refractivity contribution >= 4 is 21.4 Å². The van der Waals surface area contributed by atoms with Gasteiger partial charge in [-0.15, -0.1) is 0 Å². The summed E-state index contributed by atoms with van der Waals surface area (Å²) >= 11 is 6.25. The maximum Gasteiger partial charge on any atom is 0.147 e. The molecule has 0 aliphatic heterocycles. The van der Waals surface area contributed by atoms with Crippen LogP contribution in [0.4, 0.5) is 0 Å². The number of nitrogens with one attached hydrogen (secondary N) is 1. The molecule has 1 aromatic carbocycles. The van der Waals surface area contributed by atoms with Gasteiger partial charge >= 0.3 is 0 Å². The molecule has 1 unspecified atom stereocenters. The van der Waals surface area contributed by atoms with Gasteiger partial charge in [0.05, 0.1) is 0 Å². The fourth-order valence-corrected chi connectivity index (χ4v) is 3.20. The van der Waals surface area contributed by atoms with Gasteiger partial charge in [-0.05, 0) is 43.4 Å². The van der Waals surface area contributed by atoms with Crippen LogP contribution in [0.2, 0.25) is 5.02 Å². The molecule has 1 aromatic rings. The predicted octanol–water partition coefficient (Wildman–Crippen LogP) is 3.25. The molecule has 0 bridgehead atoms. The molecular weight excluding hydrogens is 294 g/mol. The van der Waals surface area contributed by atoms with Crippen molar-refractivity contribution in [2.24, 2.45) is 0 Å². The molecule has 0 aliphatic rings. The van der Waals surface area contributed by atoms with Gasteiger partial charge in [0, 0.05) is 23.6 Å². The van der Waals surface area contributed by atoms with Crippen LogP contribution in [0.15, 0.2) is 24.3 Å². The lowest BCUT2D eigenvalue weighted by Gasteiger charge is -2.19. The fourth-order valence-electron chi connectivity index (χ4n) is 2.22. The standard InChI is InChI=1S/C15H24ClNO2S/c1-3-10-17-12-13(7-6-11-20(2,18)19)14-8-4-5-9-15(14)16/h4-5,8-9,13,17H,3,6-7,10-12H2,1-2H3. The van der Waals surface area contributed by atoms with Crippen LogP contribution >= 0.6 is 11.6 Å². The molecule has 3 nitrogen and oxygen atoms in total. The Labute approximate surface area is 127 Å². The maximum atomic E-state index is 11.2. The largest absolute Gasteiger partial charge is 0.316 e. The third kappa shape index (κ3) is 6.73. The molecule has 20 heavy (non-hydrogen) atoms. The first-order valence-electron chi connectivity index (χ1n) is 7.07. The first kappa shape index (κ1) is 17.5. The van der Waals surface area contributed by atoms with Crippen LogP contribution in [0.5, 0.6) is 0 Å². The van der Waals surface area contributed by atoms with E-state index in [1.807, 2.05) is 24.3 Å². The summed E-state index contributed by atoms with van der Waals surface area (Å²) in [6, 6.07) is 7.81. The third-order valence-electron chi connectivity index (χ3n) is 3.23. The highest BCUT2D eigenvalue weighted by molar-refractivity contribution is 7.90. The van der Waals surface area contributed by atoms with Crippen LogP contribution in [0.25, 0.3) is 0 Å². The van der Waals surface area contributed by atoms with Gasteiger partial charge in [-0.25, -0.2) is 8.42 Å². The van der Waals surface area contributed by atoms with Gasteiger partial charge in [-0.3, -0.25) is 0 Å². The fraction of sp³-hybridized carbons (Fsp3) is 0.600. The summed E-state index contributed by atoms with van der Waals surface area (Å²) in [5.41, 5.74) is 1.10. The summed E-state index contributed by atoms with van der Waals surface area (Å²) in [7, 11) is -2.89. The summed E-state index contributed by atoms with van der Waals surface area (Å²) in [5.74, 6) is 0.499. The Balaban J connectivity index is 2.67. The highest BCUT2D eigenvalue weighted by atomic mass is 35.5. The van der Waals surface area contributed by atoms with E-state index in [0.717, 1.165) is 36.5 Å². The van der Waals surface area contributed by atoms with Crippen LogP contribution in [0.3, 0.4) is 0 Å². The van der Waals surface area contributed by atoms with E-state index in [1.165, 1.54) is 6.26 Å². The van der Waals surface area contributed by atoms with Crippen LogP contribution in [-0.2, 0) is 9.84 Å². The number of hydrogen-bond donors (Lipinski definition) is 1. The Morgan fingerprint density at radius 3 is 2.60 bits per heavy atom. The zero-order valence-electron chi connectivity index (χ0n) is 12.2. The highest BCUT2D eigenvalue weighted by Gasteiger charge is 2.15. The van der Waals surface area contributed by atoms with Crippen LogP contribution in [0, 0.1) is 0 Å². The van der Waals surface area contributed by atoms with Crippen molar-refractivity contribution in [3.63, 3.8) is 0 Å². The van der Waals surface area contributed by atoms with Crippen molar-refractivity contribution < 1.29 is 8.42 Å². The Hall–Kier alpha value is -0.580. The molecule has 0 radical (unpaired) electrons. The van der Waals surface area contributed by atoms with Crippen LogP contribution < -0.4 is 5.32 Å². The van der Waals surface area contributed by atoms with Gasteiger partial charge in [-0.2, -0.15) is 0 Å². The second kappa shape index (κ2) is 8.65. The third-order valence-corrected chi connectivity index (χ3v) is 4.60. The van der Waals surface area contributed by atoms with Crippen molar-refractivity contribution in [2.75, 3.05) is 25.1 Å². The lowest BCUT2D eigenvalue weighted by atomic mass is 9.94. The second-order valence-electron chi connectivity index (χ2n) is 5.19. The Morgan fingerprint density at radius 1 is 1.30 bits per heavy atom. The lowest BCUT2D eigenvalue weighted by Crippen LogP contribution is -2.23. The number of hydrogen-bond acceptors (Lipinski definition) is 3. The molecule has 0 saturated heterocycles. The van der Waals surface area contributed by atoms with Gasteiger partial charge in [0.2, 0.25) is 0 Å². The van der Waals surface area contributed by atoms with Crippen LogP contribution in [0.1, 0.15) is 37.7 Å². The van der Waals surface area contributed by atoms with Crippen LogP contribution in [-0.4, -0.2) is 33.5 Å². The lowest BCUT2D eigenvalue weighted by molar-refractivity contribution is 0.539. The van der Waals surface area contributed by atoms with Crippen molar-refractivity contribution in [1.82, 2.24) is 5.32 Å². The second-order valence-corrected chi connectivity index (χ2v) is 7.86. The van der Waals surface area contributed by atoms with E-state index in [0.29, 0.717) is 6.42 Å². The van der Waals surface area contributed by atoms with Gasteiger partial charge < -0.3 is 5.32 Å². The topological polar surface area (TPSA) is 46.2 Å². The average molecular weight is 318 g/mol. The molecule has 0 aliphatic carbocycles. The Kier molecular flexibility index (Phi) is 7.56. The Morgan fingerprint density at radius 2 is 2.00 bits per heavy atom. The minimum Gasteiger partial charge on any atom is -0.316 e. The number of halogens is 1. The molecule has 1 N–H and O–H groups in total.